The van der Waals surface area contributed by atoms with Gasteiger partial charge in [0, 0.05) is 18.6 Å². The molecule has 0 aliphatic carbocycles. The van der Waals surface area contributed by atoms with Crippen molar-refractivity contribution in [3.63, 3.8) is 0 Å². The van der Waals surface area contributed by atoms with Crippen molar-refractivity contribution >= 4 is 64.6 Å². The number of ketones is 1. The van der Waals surface area contributed by atoms with Crippen molar-refractivity contribution in [3.05, 3.63) is 11.3 Å². The van der Waals surface area contributed by atoms with Crippen LogP contribution in [0.4, 0.5) is 0 Å². The summed E-state index contributed by atoms with van der Waals surface area (Å²) in [5, 5.41) is 24.2. The number of halogens is 1. The topological polar surface area (TPSA) is 157 Å². The molecule has 1 saturated heterocycles. The van der Waals surface area contributed by atoms with Gasteiger partial charge in [-0.3, -0.25) is 24.3 Å². The molecule has 168 valence electrons. The van der Waals surface area contributed by atoms with E-state index < -0.39 is 46.6 Å². The minimum Gasteiger partial charge on any atom is -0.477 e. The minimum absolute atomic E-state index is 0.112. The predicted octanol–water partition coefficient (Wildman–Crippen LogP) is -0.329. The Morgan fingerprint density at radius 1 is 1.42 bits per heavy atom. The lowest BCUT2D eigenvalue weighted by Crippen LogP contribution is -2.71. The Labute approximate surface area is 189 Å². The number of β-lactam (4-membered cyclic amide) rings is 1. The van der Waals surface area contributed by atoms with Crippen molar-refractivity contribution in [1.82, 2.24) is 19.6 Å². The van der Waals surface area contributed by atoms with Gasteiger partial charge in [0.15, 0.2) is 0 Å². The SMILES string of the molecule is CON=C(C(=O)CCl)C(=O)NC1C(=O)N2C(C(=O)O)=C(CSN3CN(C)N=N3)CS[C@H]12. The van der Waals surface area contributed by atoms with Gasteiger partial charge in [-0.25, -0.2) is 4.79 Å². The Morgan fingerprint density at radius 3 is 2.74 bits per heavy atom. The van der Waals surface area contributed by atoms with E-state index in [-0.39, 0.29) is 5.70 Å². The summed E-state index contributed by atoms with van der Waals surface area (Å²) in [6, 6.07) is -1.01. The third-order valence-electron chi connectivity index (χ3n) is 4.33. The first-order valence-corrected chi connectivity index (χ1v) is 11.2. The zero-order valence-corrected chi connectivity index (χ0v) is 18.7. The summed E-state index contributed by atoms with van der Waals surface area (Å²) in [6.07, 6.45) is 0. The van der Waals surface area contributed by atoms with Crippen LogP contribution in [-0.4, -0.2) is 98.3 Å². The third kappa shape index (κ3) is 4.72. The van der Waals surface area contributed by atoms with E-state index >= 15 is 0 Å². The van der Waals surface area contributed by atoms with Crippen molar-refractivity contribution in [1.29, 1.82) is 0 Å². The van der Waals surface area contributed by atoms with E-state index in [2.05, 4.69) is 25.8 Å². The number of thioether (sulfide) groups is 1. The molecule has 31 heavy (non-hydrogen) atoms. The smallest absolute Gasteiger partial charge is 0.352 e. The minimum atomic E-state index is -1.24. The summed E-state index contributed by atoms with van der Waals surface area (Å²) >= 11 is 8.06. The molecule has 16 heteroatoms. The molecule has 2 atom stereocenters. The van der Waals surface area contributed by atoms with Crippen molar-refractivity contribution in [2.24, 2.45) is 15.6 Å². The standard InChI is InChI=1S/C15H18ClN7O6S2/c1-21-6-22(20-19-21)31-5-7-4-30-14-10(13(26)23(14)11(7)15(27)28)17-12(25)9(18-29-2)8(24)3-16/h10,14H,3-6H2,1-2H3,(H,17,25)(H,27,28)/t10?,14-/m1/s1. The van der Waals surface area contributed by atoms with Gasteiger partial charge in [0.25, 0.3) is 11.8 Å². The van der Waals surface area contributed by atoms with Gasteiger partial charge in [0.2, 0.25) is 11.5 Å². The van der Waals surface area contributed by atoms with Gasteiger partial charge in [-0.2, -0.15) is 4.41 Å². The fourth-order valence-electron chi connectivity index (χ4n) is 2.94. The van der Waals surface area contributed by atoms with E-state index in [4.69, 9.17) is 11.6 Å². The second kappa shape index (κ2) is 9.74. The molecule has 0 aromatic heterocycles. The summed E-state index contributed by atoms with van der Waals surface area (Å²) in [6.45, 7) is 0.458. The highest BCUT2D eigenvalue weighted by atomic mass is 35.5. The quantitative estimate of drug-likeness (QED) is 0.109. The van der Waals surface area contributed by atoms with Crippen molar-refractivity contribution < 1.29 is 29.1 Å². The second-order valence-corrected chi connectivity index (χ2v) is 8.74. The third-order valence-corrected chi connectivity index (χ3v) is 6.87. The fourth-order valence-corrected chi connectivity index (χ4v) is 5.42. The Balaban J connectivity index is 1.70. The number of Topliss-reactive ketones (excluding diaryl/α,β-unsaturated/α-hetero) is 1. The number of carbonyl (C=O) groups is 4. The zero-order valence-electron chi connectivity index (χ0n) is 16.3. The number of hydrogen-bond acceptors (Lipinski definition) is 12. The Kier molecular flexibility index (Phi) is 7.27. The normalized spacial score (nSPS) is 23.0. The molecule has 0 saturated carbocycles. The second-order valence-electron chi connectivity index (χ2n) is 6.40. The van der Waals surface area contributed by atoms with Crippen LogP contribution < -0.4 is 5.32 Å². The van der Waals surface area contributed by atoms with Crippen molar-refractivity contribution in [3.8, 4) is 0 Å². The van der Waals surface area contributed by atoms with Gasteiger partial charge in [-0.1, -0.05) is 10.4 Å². The van der Waals surface area contributed by atoms with Gasteiger partial charge in [0.05, 0.1) is 5.88 Å². The molecule has 0 spiro atoms. The first-order valence-electron chi connectivity index (χ1n) is 8.72. The molecular formula is C15H18ClN7O6S2. The van der Waals surface area contributed by atoms with Crippen LogP contribution in [0.15, 0.2) is 26.9 Å². The lowest BCUT2D eigenvalue weighted by Gasteiger charge is -2.49. The van der Waals surface area contributed by atoms with E-state index in [1.54, 1.807) is 16.5 Å². The number of amides is 2. The Hall–Kier alpha value is -2.52. The number of fused-ring (bicyclic) bond motifs is 1. The number of nitrogens with one attached hydrogen (secondary N) is 1. The summed E-state index contributed by atoms with van der Waals surface area (Å²) < 4.78 is 1.61. The van der Waals surface area contributed by atoms with Crippen LogP contribution >= 0.6 is 35.3 Å². The molecule has 3 heterocycles. The lowest BCUT2D eigenvalue weighted by molar-refractivity contribution is -0.150. The van der Waals surface area contributed by atoms with Gasteiger partial charge in [-0.05, 0) is 22.7 Å². The maximum absolute atomic E-state index is 12.7. The van der Waals surface area contributed by atoms with Crippen LogP contribution in [-0.2, 0) is 24.0 Å². The summed E-state index contributed by atoms with van der Waals surface area (Å²) in [5.41, 5.74) is -0.125. The molecule has 0 aromatic rings. The summed E-state index contributed by atoms with van der Waals surface area (Å²) in [7, 11) is 2.91. The molecule has 2 N–H and O–H groups in total. The molecule has 3 rings (SSSR count). The molecule has 1 fully saturated rings. The molecule has 0 radical (unpaired) electrons. The first-order chi connectivity index (χ1) is 14.8. The van der Waals surface area contributed by atoms with E-state index in [0.29, 0.717) is 23.7 Å². The molecule has 0 aromatic carbocycles. The Morgan fingerprint density at radius 2 is 2.16 bits per heavy atom. The number of hydrogen-bond donors (Lipinski definition) is 2. The molecule has 0 bridgehead atoms. The van der Waals surface area contributed by atoms with E-state index in [1.807, 2.05) is 0 Å². The van der Waals surface area contributed by atoms with Crippen LogP contribution in [0.1, 0.15) is 0 Å². The average Bonchev–Trinajstić information content (AvgIpc) is 3.17. The molecular weight excluding hydrogens is 474 g/mol. The largest absolute Gasteiger partial charge is 0.477 e. The molecule has 2 amide bonds. The molecule has 3 aliphatic heterocycles. The van der Waals surface area contributed by atoms with Crippen LogP contribution in [0.2, 0.25) is 0 Å². The van der Waals surface area contributed by atoms with Crippen LogP contribution in [0.3, 0.4) is 0 Å². The number of carbonyl (C=O) groups excluding carboxylic acids is 3. The van der Waals surface area contributed by atoms with Gasteiger partial charge < -0.3 is 15.3 Å². The summed E-state index contributed by atoms with van der Waals surface area (Å²) in [5.74, 6) is -3.36. The Bertz CT molecular complexity index is 897. The lowest BCUT2D eigenvalue weighted by atomic mass is 10.0. The number of oxime groups is 1. The average molecular weight is 492 g/mol. The van der Waals surface area contributed by atoms with Crippen LogP contribution in [0.5, 0.6) is 0 Å². The highest BCUT2D eigenvalue weighted by Crippen LogP contribution is 2.41. The van der Waals surface area contributed by atoms with Crippen molar-refractivity contribution in [2.45, 2.75) is 11.4 Å². The van der Waals surface area contributed by atoms with Gasteiger partial charge in [-0.15, -0.1) is 23.4 Å². The predicted molar refractivity (Wildman–Crippen MR) is 112 cm³/mol. The molecule has 3 aliphatic rings. The number of aliphatic carboxylic acids is 1. The van der Waals surface area contributed by atoms with Crippen LogP contribution in [0, 0.1) is 0 Å². The highest BCUT2D eigenvalue weighted by molar-refractivity contribution is 8.00. The van der Waals surface area contributed by atoms with Gasteiger partial charge >= 0.3 is 5.97 Å². The first kappa shape index (κ1) is 23.1. The number of nitrogens with zero attached hydrogens (tertiary/aromatic N) is 6. The summed E-state index contributed by atoms with van der Waals surface area (Å²) in [4.78, 5) is 54.3. The highest BCUT2D eigenvalue weighted by Gasteiger charge is 2.54. The van der Waals surface area contributed by atoms with Crippen LogP contribution in [0.25, 0.3) is 0 Å². The zero-order chi connectivity index (χ0) is 22.7. The van der Waals surface area contributed by atoms with Gasteiger partial charge in [0.1, 0.15) is 30.9 Å². The van der Waals surface area contributed by atoms with Crippen molar-refractivity contribution in [2.75, 3.05) is 38.2 Å². The molecule has 13 nitrogen and oxygen atoms in total. The number of carboxylic acids is 1. The monoisotopic (exact) mass is 491 g/mol. The molecule has 1 unspecified atom stereocenters. The van der Waals surface area contributed by atoms with E-state index in [9.17, 15) is 24.3 Å². The van der Waals surface area contributed by atoms with E-state index in [0.717, 1.165) is 12.0 Å². The maximum atomic E-state index is 12.7. The number of carboxylic acid groups (broad SMARTS) is 1. The maximum Gasteiger partial charge on any atom is 0.352 e. The number of alkyl halides is 1. The number of rotatable bonds is 9. The van der Waals surface area contributed by atoms with E-state index in [1.165, 1.54) is 23.7 Å². The fraction of sp³-hybridized carbons (Fsp3) is 0.533.